The number of H-pyrrole nitrogens is 1. The van der Waals surface area contributed by atoms with Crippen LogP contribution in [0, 0.1) is 4.84 Å². The highest BCUT2D eigenvalue weighted by molar-refractivity contribution is 7.71. The Morgan fingerprint density at radius 2 is 1.81 bits per heavy atom. The highest BCUT2D eigenvalue weighted by atomic mass is 35.5. The van der Waals surface area contributed by atoms with E-state index in [2.05, 4.69) is 21.6 Å². The van der Waals surface area contributed by atoms with Gasteiger partial charge in [0.2, 0.25) is 0 Å². The first-order valence-electron chi connectivity index (χ1n) is 6.22. The lowest BCUT2D eigenvalue weighted by atomic mass is 10.1. The van der Waals surface area contributed by atoms with Crippen molar-refractivity contribution in [1.82, 2.24) is 4.98 Å². The number of benzene rings is 2. The number of aromatic nitrogens is 1. The Balaban J connectivity index is 0.000000225. The second-order valence-corrected chi connectivity index (χ2v) is 4.84. The molecule has 0 spiro atoms. The number of methoxy groups -OCH3 is 1. The molecule has 0 amide bonds. The number of nitrogens with one attached hydrogen (secondary N) is 1. The van der Waals surface area contributed by atoms with Crippen LogP contribution in [-0.2, 0) is 0 Å². The normalized spacial score (nSPS) is 9.62. The molecule has 1 N–H and O–H groups in total. The molecule has 0 aliphatic rings. The average Bonchev–Trinajstić information content (AvgIpc) is 3.00. The molecule has 0 aliphatic carbocycles. The minimum absolute atomic E-state index is 0.426. The van der Waals surface area contributed by atoms with E-state index in [1.807, 2.05) is 48.5 Å². The van der Waals surface area contributed by atoms with Crippen molar-refractivity contribution in [1.29, 1.82) is 0 Å². The third-order valence-corrected chi connectivity index (χ3v) is 3.26. The maximum absolute atomic E-state index is 6.10. The van der Waals surface area contributed by atoms with E-state index in [4.69, 9.17) is 16.3 Å². The second-order valence-electron chi connectivity index (χ2n) is 4.06. The smallest absolute Gasteiger partial charge is 0.265 e. The minimum Gasteiger partial charge on any atom is -0.497 e. The third kappa shape index (κ3) is 4.48. The van der Waals surface area contributed by atoms with Crippen LogP contribution < -0.4 is 4.74 Å². The number of halogens is 1. The zero-order valence-corrected chi connectivity index (χ0v) is 12.9. The zero-order valence-electron chi connectivity index (χ0n) is 11.4. The minimum atomic E-state index is 0.426. The van der Waals surface area contributed by atoms with Gasteiger partial charge in [-0.3, -0.25) is 0 Å². The summed E-state index contributed by atoms with van der Waals surface area (Å²) in [5, 5.41) is 0.766. The fraction of sp³-hybridized carbons (Fsp3) is 0.0625. The molecular formula is C16H14ClNO2S. The quantitative estimate of drug-likeness (QED) is 0.647. The Bertz CT molecular complexity index is 718. The molecule has 3 nitrogen and oxygen atoms in total. The van der Waals surface area contributed by atoms with E-state index >= 15 is 0 Å². The lowest BCUT2D eigenvalue weighted by molar-refractivity contribution is 0.415. The van der Waals surface area contributed by atoms with Crippen LogP contribution in [0.2, 0.25) is 5.02 Å². The molecule has 0 saturated heterocycles. The summed E-state index contributed by atoms with van der Waals surface area (Å²) in [6.07, 6.45) is 3.14. The standard InChI is InChI=1S/C13H11ClO.C3H3NOS/c1-15-11-8-6-10(7-9-11)12-4-2-3-5-13(12)14;6-3-4-1-2-5-3/h2-9H,1H3;1-2H,(H,4,6). The van der Waals surface area contributed by atoms with E-state index < -0.39 is 0 Å². The Hall–Kier alpha value is -2.04. The van der Waals surface area contributed by atoms with E-state index in [0.717, 1.165) is 21.9 Å². The van der Waals surface area contributed by atoms with Crippen molar-refractivity contribution in [2.75, 3.05) is 7.11 Å². The first-order chi connectivity index (χ1) is 10.2. The second kappa shape index (κ2) is 7.67. The fourth-order valence-corrected chi connectivity index (χ4v) is 2.07. The maximum Gasteiger partial charge on any atom is 0.265 e. The van der Waals surface area contributed by atoms with Gasteiger partial charge in [0, 0.05) is 16.8 Å². The van der Waals surface area contributed by atoms with E-state index in [0.29, 0.717) is 4.84 Å². The summed E-state index contributed by atoms with van der Waals surface area (Å²) in [7, 11) is 1.66. The summed E-state index contributed by atoms with van der Waals surface area (Å²) in [6, 6.07) is 15.7. The first-order valence-corrected chi connectivity index (χ1v) is 7.00. The van der Waals surface area contributed by atoms with Gasteiger partial charge in [-0.1, -0.05) is 41.9 Å². The summed E-state index contributed by atoms with van der Waals surface area (Å²) >= 11 is 10.6. The SMILES string of the molecule is COc1ccc(-c2ccccc2Cl)cc1.S=c1[nH]cco1. The topological polar surface area (TPSA) is 38.2 Å². The first kappa shape index (κ1) is 15.4. The summed E-state index contributed by atoms with van der Waals surface area (Å²) in [5.41, 5.74) is 2.14. The highest BCUT2D eigenvalue weighted by Gasteiger charge is 2.01. The van der Waals surface area contributed by atoms with Crippen LogP contribution in [0.5, 0.6) is 5.75 Å². The largest absolute Gasteiger partial charge is 0.497 e. The Morgan fingerprint density at radius 1 is 1.10 bits per heavy atom. The van der Waals surface area contributed by atoms with Crippen molar-refractivity contribution in [2.24, 2.45) is 0 Å². The summed E-state index contributed by atoms with van der Waals surface area (Å²) in [4.78, 5) is 3.07. The van der Waals surface area contributed by atoms with Crippen LogP contribution in [-0.4, -0.2) is 12.1 Å². The molecule has 0 atom stereocenters. The van der Waals surface area contributed by atoms with Gasteiger partial charge in [-0.15, -0.1) is 0 Å². The van der Waals surface area contributed by atoms with Crippen LogP contribution >= 0.6 is 23.8 Å². The van der Waals surface area contributed by atoms with Gasteiger partial charge in [-0.05, 0) is 36.0 Å². The number of hydrogen-bond donors (Lipinski definition) is 1. The zero-order chi connectivity index (χ0) is 15.1. The van der Waals surface area contributed by atoms with Crippen molar-refractivity contribution in [3.63, 3.8) is 0 Å². The average molecular weight is 320 g/mol. The van der Waals surface area contributed by atoms with Gasteiger partial charge >= 0.3 is 0 Å². The lowest BCUT2D eigenvalue weighted by Crippen LogP contribution is -1.83. The monoisotopic (exact) mass is 319 g/mol. The van der Waals surface area contributed by atoms with E-state index in [9.17, 15) is 0 Å². The van der Waals surface area contributed by atoms with Crippen LogP contribution in [0.25, 0.3) is 11.1 Å². The molecule has 108 valence electrons. The van der Waals surface area contributed by atoms with E-state index in [1.54, 1.807) is 13.3 Å². The van der Waals surface area contributed by atoms with Crippen LogP contribution in [0.1, 0.15) is 0 Å². The van der Waals surface area contributed by atoms with E-state index in [-0.39, 0.29) is 0 Å². The molecule has 0 saturated carbocycles. The van der Waals surface area contributed by atoms with Crippen LogP contribution in [0.15, 0.2) is 65.4 Å². The molecule has 1 heterocycles. The lowest BCUT2D eigenvalue weighted by Gasteiger charge is -2.05. The molecule has 21 heavy (non-hydrogen) atoms. The number of hydrogen-bond acceptors (Lipinski definition) is 3. The number of oxazole rings is 1. The molecule has 0 aliphatic heterocycles. The van der Waals surface area contributed by atoms with Crippen LogP contribution in [0.3, 0.4) is 0 Å². The Labute approximate surface area is 133 Å². The van der Waals surface area contributed by atoms with Crippen molar-refractivity contribution < 1.29 is 9.15 Å². The van der Waals surface area contributed by atoms with Gasteiger partial charge in [0.1, 0.15) is 12.0 Å². The van der Waals surface area contributed by atoms with Crippen molar-refractivity contribution in [3.8, 4) is 16.9 Å². The van der Waals surface area contributed by atoms with Crippen molar-refractivity contribution in [3.05, 3.63) is 70.9 Å². The van der Waals surface area contributed by atoms with Crippen molar-refractivity contribution in [2.45, 2.75) is 0 Å². The van der Waals surface area contributed by atoms with Crippen molar-refractivity contribution >= 4 is 23.8 Å². The molecule has 0 bridgehead atoms. The van der Waals surface area contributed by atoms with Gasteiger partial charge in [0.25, 0.3) is 4.84 Å². The summed E-state index contributed by atoms with van der Waals surface area (Å²) in [6.45, 7) is 0. The van der Waals surface area contributed by atoms with Crippen LogP contribution in [0.4, 0.5) is 0 Å². The highest BCUT2D eigenvalue weighted by Crippen LogP contribution is 2.28. The number of rotatable bonds is 2. The Kier molecular flexibility index (Phi) is 5.60. The number of aromatic amines is 1. The molecule has 2 aromatic carbocycles. The molecule has 5 heteroatoms. The summed E-state index contributed by atoms with van der Waals surface area (Å²) in [5.74, 6) is 0.853. The molecule has 3 rings (SSSR count). The maximum atomic E-state index is 6.10. The third-order valence-electron chi connectivity index (χ3n) is 2.72. The van der Waals surface area contributed by atoms with Gasteiger partial charge < -0.3 is 14.1 Å². The summed E-state index contributed by atoms with van der Waals surface area (Å²) < 4.78 is 9.69. The molecule has 0 fully saturated rings. The number of ether oxygens (including phenoxy) is 1. The molecule has 0 unspecified atom stereocenters. The Morgan fingerprint density at radius 3 is 2.29 bits per heavy atom. The van der Waals surface area contributed by atoms with Gasteiger partial charge in [-0.2, -0.15) is 0 Å². The molecule has 1 aromatic heterocycles. The predicted molar refractivity (Wildman–Crippen MR) is 87.3 cm³/mol. The molecule has 0 radical (unpaired) electrons. The van der Waals surface area contributed by atoms with Gasteiger partial charge in [-0.25, -0.2) is 0 Å². The van der Waals surface area contributed by atoms with E-state index in [1.165, 1.54) is 6.26 Å². The van der Waals surface area contributed by atoms with Gasteiger partial charge in [0.15, 0.2) is 0 Å². The predicted octanol–water partition coefficient (Wildman–Crippen LogP) is 5.35. The van der Waals surface area contributed by atoms with Gasteiger partial charge in [0.05, 0.1) is 7.11 Å². The molecule has 3 aromatic rings. The fourth-order valence-electron chi connectivity index (χ4n) is 1.70. The molecular weight excluding hydrogens is 306 g/mol.